The summed E-state index contributed by atoms with van der Waals surface area (Å²) in [6.07, 6.45) is -18.7. The minimum atomic E-state index is -5.81. The van der Waals surface area contributed by atoms with E-state index in [-0.39, 0.29) is 0 Å². The van der Waals surface area contributed by atoms with Crippen LogP contribution in [-0.2, 0) is 9.47 Å². The van der Waals surface area contributed by atoms with Crippen molar-refractivity contribution >= 4 is 0 Å². The molecule has 15 heteroatoms. The molecule has 0 aromatic heterocycles. The molecule has 2 nitrogen and oxygen atoms in total. The van der Waals surface area contributed by atoms with Crippen molar-refractivity contribution in [2.45, 2.75) is 43.5 Å². The summed E-state index contributed by atoms with van der Waals surface area (Å²) in [7, 11) is 0. The van der Waals surface area contributed by atoms with Crippen molar-refractivity contribution in [3.63, 3.8) is 0 Å². The second kappa shape index (κ2) is 6.25. The van der Waals surface area contributed by atoms with Gasteiger partial charge in [0.05, 0.1) is 0 Å². The molecule has 0 bridgehead atoms. The van der Waals surface area contributed by atoms with Gasteiger partial charge in [-0.3, -0.25) is 9.47 Å². The van der Waals surface area contributed by atoms with Crippen molar-refractivity contribution in [1.29, 1.82) is 0 Å². The maximum absolute atomic E-state index is 11.9. The Kier molecular flexibility index (Phi) is 5.97. The smallest absolute Gasteiger partial charge is 0.279 e. The Morgan fingerprint density at radius 3 is 1.41 bits per heavy atom. The Hall–Kier alpha value is -0.990. The standard InChI is InChI=1S/C4HF7O.C3H2F6O/c5-1-2(6,7)3(8,9)4(10,11)12-1;4-1(3(7,8)9)10-2(5)6/h1H;1-2H. The summed E-state index contributed by atoms with van der Waals surface area (Å²) >= 11 is 0. The summed E-state index contributed by atoms with van der Waals surface area (Å²) in [5, 5.41) is 0. The number of hydrogen-bond donors (Lipinski definition) is 0. The first-order valence-corrected chi connectivity index (χ1v) is 4.56. The van der Waals surface area contributed by atoms with Crippen molar-refractivity contribution in [3.05, 3.63) is 0 Å². The van der Waals surface area contributed by atoms with Gasteiger partial charge >= 0.3 is 30.7 Å². The van der Waals surface area contributed by atoms with E-state index >= 15 is 0 Å². The summed E-state index contributed by atoms with van der Waals surface area (Å²) in [6.45, 7) is -3.75. The van der Waals surface area contributed by atoms with Crippen molar-refractivity contribution < 1.29 is 66.5 Å². The van der Waals surface area contributed by atoms with Gasteiger partial charge in [0.15, 0.2) is 0 Å². The normalized spacial score (nSPS) is 27.3. The van der Waals surface area contributed by atoms with Gasteiger partial charge in [-0.25, -0.2) is 8.78 Å². The third-order valence-electron chi connectivity index (χ3n) is 1.80. The molecule has 0 N–H and O–H groups in total. The highest BCUT2D eigenvalue weighted by Gasteiger charge is 2.83. The van der Waals surface area contributed by atoms with E-state index in [2.05, 4.69) is 9.47 Å². The van der Waals surface area contributed by atoms with Gasteiger partial charge in [-0.15, -0.1) is 0 Å². The van der Waals surface area contributed by atoms with E-state index < -0.39 is 43.5 Å². The molecular weight excluding hydrogens is 363 g/mol. The number of alkyl halides is 13. The van der Waals surface area contributed by atoms with Crippen LogP contribution >= 0.6 is 0 Å². The summed E-state index contributed by atoms with van der Waals surface area (Å²) in [4.78, 5) is 0. The molecule has 1 rings (SSSR count). The van der Waals surface area contributed by atoms with Crippen LogP contribution in [0.5, 0.6) is 0 Å². The molecular formula is C7H3F13O2. The fourth-order valence-electron chi connectivity index (χ4n) is 0.782. The number of hydrogen-bond acceptors (Lipinski definition) is 2. The largest absolute Gasteiger partial charge is 0.445 e. The summed E-state index contributed by atoms with van der Waals surface area (Å²) in [5.41, 5.74) is 0. The maximum Gasteiger partial charge on any atom is 0.445 e. The molecule has 0 aromatic carbocycles. The first-order chi connectivity index (χ1) is 9.47. The van der Waals surface area contributed by atoms with Gasteiger partial charge in [-0.1, -0.05) is 0 Å². The van der Waals surface area contributed by atoms with Crippen LogP contribution in [0.4, 0.5) is 57.1 Å². The zero-order chi connectivity index (χ0) is 18.1. The van der Waals surface area contributed by atoms with Crippen LogP contribution < -0.4 is 0 Å². The molecule has 0 spiro atoms. The zero-order valence-electron chi connectivity index (χ0n) is 9.46. The van der Waals surface area contributed by atoms with Crippen molar-refractivity contribution in [3.8, 4) is 0 Å². The van der Waals surface area contributed by atoms with Crippen molar-refractivity contribution in [2.24, 2.45) is 0 Å². The minimum Gasteiger partial charge on any atom is -0.279 e. The van der Waals surface area contributed by atoms with Crippen LogP contribution in [0.2, 0.25) is 0 Å². The topological polar surface area (TPSA) is 18.5 Å². The first kappa shape index (κ1) is 21.0. The Morgan fingerprint density at radius 2 is 1.32 bits per heavy atom. The molecule has 134 valence electrons. The number of rotatable bonds is 2. The third-order valence-corrected chi connectivity index (χ3v) is 1.80. The fourth-order valence-corrected chi connectivity index (χ4v) is 0.782. The predicted octanol–water partition coefficient (Wildman–Crippen LogP) is 4.26. The molecule has 1 fully saturated rings. The summed E-state index contributed by atoms with van der Waals surface area (Å²) in [6, 6.07) is 0. The molecule has 2 atom stereocenters. The zero-order valence-corrected chi connectivity index (χ0v) is 9.46. The Morgan fingerprint density at radius 1 is 0.909 bits per heavy atom. The van der Waals surface area contributed by atoms with E-state index in [4.69, 9.17) is 0 Å². The van der Waals surface area contributed by atoms with Crippen LogP contribution in [0, 0.1) is 0 Å². The molecule has 1 aliphatic heterocycles. The van der Waals surface area contributed by atoms with Gasteiger partial charge in [0.25, 0.3) is 12.7 Å². The van der Waals surface area contributed by atoms with E-state index in [0.717, 1.165) is 0 Å². The van der Waals surface area contributed by atoms with Crippen molar-refractivity contribution in [2.75, 3.05) is 0 Å². The van der Waals surface area contributed by atoms with E-state index in [1.165, 1.54) is 0 Å². The maximum atomic E-state index is 11.9. The highest BCUT2D eigenvalue weighted by molar-refractivity contribution is 4.99. The third kappa shape index (κ3) is 4.27. The van der Waals surface area contributed by atoms with Crippen LogP contribution in [0.3, 0.4) is 0 Å². The molecule has 1 saturated heterocycles. The van der Waals surface area contributed by atoms with Gasteiger partial charge in [0, 0.05) is 0 Å². The van der Waals surface area contributed by atoms with Gasteiger partial charge in [0.1, 0.15) is 0 Å². The van der Waals surface area contributed by atoms with Crippen LogP contribution in [0.25, 0.3) is 0 Å². The average molecular weight is 366 g/mol. The van der Waals surface area contributed by atoms with E-state index in [0.29, 0.717) is 0 Å². The number of halogens is 13. The van der Waals surface area contributed by atoms with Crippen LogP contribution in [-0.4, -0.2) is 43.5 Å². The lowest BCUT2D eigenvalue weighted by atomic mass is 10.2. The minimum absolute atomic E-state index is 2.48. The van der Waals surface area contributed by atoms with Crippen LogP contribution in [0.1, 0.15) is 0 Å². The lowest BCUT2D eigenvalue weighted by molar-refractivity contribution is -0.329. The van der Waals surface area contributed by atoms with Gasteiger partial charge in [0.2, 0.25) is 0 Å². The predicted molar refractivity (Wildman–Crippen MR) is 38.9 cm³/mol. The molecule has 2 unspecified atom stereocenters. The molecule has 1 aliphatic rings. The molecule has 0 aromatic rings. The fraction of sp³-hybridized carbons (Fsp3) is 1.00. The SMILES string of the molecule is FC(F)OC(F)C(F)(F)F.FC1OC(F)(F)C(F)(F)C1(F)F. The monoisotopic (exact) mass is 366 g/mol. The quantitative estimate of drug-likeness (QED) is 0.680. The molecule has 22 heavy (non-hydrogen) atoms. The van der Waals surface area contributed by atoms with E-state index in [1.807, 2.05) is 0 Å². The molecule has 0 amide bonds. The van der Waals surface area contributed by atoms with Gasteiger partial charge in [-0.2, -0.15) is 48.3 Å². The number of ether oxygens (including phenoxy) is 2. The van der Waals surface area contributed by atoms with Gasteiger partial charge < -0.3 is 0 Å². The molecule has 0 aliphatic carbocycles. The van der Waals surface area contributed by atoms with E-state index in [1.54, 1.807) is 0 Å². The van der Waals surface area contributed by atoms with Gasteiger partial charge in [-0.05, 0) is 0 Å². The Balaban J connectivity index is 0.000000409. The van der Waals surface area contributed by atoms with Crippen LogP contribution in [0.15, 0.2) is 0 Å². The Labute approximate surface area is 111 Å². The lowest BCUT2D eigenvalue weighted by Gasteiger charge is -2.19. The summed E-state index contributed by atoms with van der Waals surface area (Å²) in [5.74, 6) is -11.3. The highest BCUT2D eigenvalue weighted by Crippen LogP contribution is 2.55. The highest BCUT2D eigenvalue weighted by atomic mass is 19.4. The summed E-state index contributed by atoms with van der Waals surface area (Å²) < 4.78 is 154. The molecule has 1 heterocycles. The second-order valence-corrected chi connectivity index (χ2v) is 3.40. The second-order valence-electron chi connectivity index (χ2n) is 3.40. The van der Waals surface area contributed by atoms with E-state index in [9.17, 15) is 57.1 Å². The lowest BCUT2D eigenvalue weighted by Crippen LogP contribution is -2.48. The van der Waals surface area contributed by atoms with Crippen molar-refractivity contribution in [1.82, 2.24) is 0 Å². The Bertz CT molecular complexity index is 364. The average Bonchev–Trinajstić information content (AvgIpc) is 2.35. The first-order valence-electron chi connectivity index (χ1n) is 4.56. The molecule has 0 radical (unpaired) electrons. The molecule has 0 saturated carbocycles.